The zero-order valence-corrected chi connectivity index (χ0v) is 12.1. The van der Waals surface area contributed by atoms with Crippen molar-refractivity contribution in [3.63, 3.8) is 0 Å². The first-order chi connectivity index (χ1) is 10.1. The number of hydrogen-bond donors (Lipinski definition) is 1. The highest BCUT2D eigenvalue weighted by Crippen LogP contribution is 2.15. The van der Waals surface area contributed by atoms with E-state index in [1.807, 2.05) is 38.1 Å². The maximum absolute atomic E-state index is 12.2. The molecule has 5 heteroatoms. The van der Waals surface area contributed by atoms with Crippen LogP contribution in [0.15, 0.2) is 47.1 Å². The normalized spacial score (nSPS) is 10.2. The summed E-state index contributed by atoms with van der Waals surface area (Å²) in [4.78, 5) is 25.6. The molecule has 0 saturated carbocycles. The van der Waals surface area contributed by atoms with Gasteiger partial charge < -0.3 is 14.6 Å². The van der Waals surface area contributed by atoms with Crippen molar-refractivity contribution in [3.8, 4) is 0 Å². The van der Waals surface area contributed by atoms with Gasteiger partial charge in [-0.15, -0.1) is 0 Å². The number of nitrogens with zero attached hydrogens (tertiary/aromatic N) is 1. The molecule has 0 aliphatic carbocycles. The molecule has 0 aliphatic rings. The van der Waals surface area contributed by atoms with Crippen molar-refractivity contribution in [2.75, 3.05) is 18.0 Å². The Morgan fingerprint density at radius 1 is 1.24 bits per heavy atom. The maximum atomic E-state index is 12.2. The molecule has 110 valence electrons. The molecule has 0 fully saturated rings. The smallest absolute Gasteiger partial charge is 0.287 e. The third-order valence-electron chi connectivity index (χ3n) is 3.08. The molecule has 1 heterocycles. The van der Waals surface area contributed by atoms with E-state index in [-0.39, 0.29) is 18.2 Å². The summed E-state index contributed by atoms with van der Waals surface area (Å²) < 4.78 is 4.98. The minimum Gasteiger partial charge on any atom is -0.459 e. The van der Waals surface area contributed by atoms with Crippen LogP contribution in [-0.4, -0.2) is 24.9 Å². The monoisotopic (exact) mass is 286 g/mol. The number of aryl methyl sites for hydroxylation is 1. The van der Waals surface area contributed by atoms with Crippen LogP contribution in [0, 0.1) is 6.92 Å². The molecule has 0 aliphatic heterocycles. The molecule has 0 spiro atoms. The highest BCUT2D eigenvalue weighted by Gasteiger charge is 2.16. The zero-order chi connectivity index (χ0) is 15.2. The number of anilines is 1. The quantitative estimate of drug-likeness (QED) is 0.918. The van der Waals surface area contributed by atoms with Gasteiger partial charge in [0.15, 0.2) is 5.76 Å². The van der Waals surface area contributed by atoms with E-state index in [0.29, 0.717) is 6.54 Å². The largest absolute Gasteiger partial charge is 0.459 e. The van der Waals surface area contributed by atoms with E-state index in [0.717, 1.165) is 11.3 Å². The number of carbonyl (C=O) groups excluding carboxylic acids is 2. The van der Waals surface area contributed by atoms with Crippen molar-refractivity contribution in [2.45, 2.75) is 13.8 Å². The third-order valence-corrected chi connectivity index (χ3v) is 3.08. The molecule has 1 aromatic heterocycles. The van der Waals surface area contributed by atoms with Gasteiger partial charge in [-0.2, -0.15) is 0 Å². The Balaban J connectivity index is 1.99. The lowest BCUT2D eigenvalue weighted by molar-refractivity contribution is -0.117. The molecular formula is C16H18N2O3. The van der Waals surface area contributed by atoms with Crippen LogP contribution in [0.25, 0.3) is 0 Å². The van der Waals surface area contributed by atoms with Crippen LogP contribution >= 0.6 is 0 Å². The van der Waals surface area contributed by atoms with Crippen LogP contribution in [0.2, 0.25) is 0 Å². The summed E-state index contributed by atoms with van der Waals surface area (Å²) in [6, 6.07) is 10.9. The standard InChI is InChI=1S/C16H18N2O3/c1-3-18(13-7-4-6-12(2)10-13)15(19)11-17-16(20)14-8-5-9-21-14/h4-10H,3,11H2,1-2H3,(H,17,20). The Hall–Kier alpha value is -2.56. The molecule has 0 bridgehead atoms. The van der Waals surface area contributed by atoms with E-state index < -0.39 is 5.91 Å². The first-order valence-corrected chi connectivity index (χ1v) is 6.80. The molecule has 0 radical (unpaired) electrons. The molecule has 5 nitrogen and oxygen atoms in total. The molecule has 0 unspecified atom stereocenters. The van der Waals surface area contributed by atoms with Crippen molar-refractivity contribution < 1.29 is 14.0 Å². The molecule has 2 amide bonds. The Morgan fingerprint density at radius 3 is 2.67 bits per heavy atom. The minimum absolute atomic E-state index is 0.0681. The predicted octanol–water partition coefficient (Wildman–Crippen LogP) is 2.37. The number of furan rings is 1. The summed E-state index contributed by atoms with van der Waals surface area (Å²) in [7, 11) is 0. The molecule has 1 N–H and O–H groups in total. The number of amides is 2. The van der Waals surface area contributed by atoms with Crippen LogP contribution in [0.4, 0.5) is 5.69 Å². The van der Waals surface area contributed by atoms with Gasteiger partial charge in [0, 0.05) is 12.2 Å². The fourth-order valence-electron chi connectivity index (χ4n) is 2.04. The van der Waals surface area contributed by atoms with Gasteiger partial charge in [0.25, 0.3) is 5.91 Å². The van der Waals surface area contributed by atoms with Crippen molar-refractivity contribution in [1.29, 1.82) is 0 Å². The summed E-state index contributed by atoms with van der Waals surface area (Å²) in [5.74, 6) is -0.363. The number of rotatable bonds is 5. The van der Waals surface area contributed by atoms with Gasteiger partial charge in [-0.05, 0) is 43.7 Å². The zero-order valence-electron chi connectivity index (χ0n) is 12.1. The molecule has 1 aromatic carbocycles. The lowest BCUT2D eigenvalue weighted by atomic mass is 10.2. The predicted molar refractivity (Wildman–Crippen MR) is 80.2 cm³/mol. The number of benzene rings is 1. The average Bonchev–Trinajstić information content (AvgIpc) is 3.00. The van der Waals surface area contributed by atoms with E-state index >= 15 is 0 Å². The molecule has 0 atom stereocenters. The number of nitrogens with one attached hydrogen (secondary N) is 1. The summed E-state index contributed by atoms with van der Waals surface area (Å²) in [6.45, 7) is 4.34. The topological polar surface area (TPSA) is 62.6 Å². The van der Waals surface area contributed by atoms with Gasteiger partial charge >= 0.3 is 0 Å². The Bertz CT molecular complexity index is 620. The Kier molecular flexibility index (Phi) is 4.77. The summed E-state index contributed by atoms with van der Waals surface area (Å²) in [5.41, 5.74) is 1.91. The fourth-order valence-corrected chi connectivity index (χ4v) is 2.04. The number of likely N-dealkylation sites (N-methyl/N-ethyl adjacent to an activating group) is 1. The van der Waals surface area contributed by atoms with Crippen LogP contribution in [0.5, 0.6) is 0 Å². The highest BCUT2D eigenvalue weighted by molar-refractivity contribution is 5.99. The Labute approximate surface area is 123 Å². The minimum atomic E-state index is -0.395. The first kappa shape index (κ1) is 14.8. The van der Waals surface area contributed by atoms with E-state index in [1.165, 1.54) is 6.26 Å². The van der Waals surface area contributed by atoms with Gasteiger partial charge in [-0.1, -0.05) is 12.1 Å². The first-order valence-electron chi connectivity index (χ1n) is 6.80. The van der Waals surface area contributed by atoms with Crippen molar-refractivity contribution >= 4 is 17.5 Å². The van der Waals surface area contributed by atoms with E-state index in [1.54, 1.807) is 17.0 Å². The van der Waals surface area contributed by atoms with Gasteiger partial charge in [-0.3, -0.25) is 9.59 Å². The van der Waals surface area contributed by atoms with E-state index in [4.69, 9.17) is 4.42 Å². The van der Waals surface area contributed by atoms with Gasteiger partial charge in [0.05, 0.1) is 12.8 Å². The van der Waals surface area contributed by atoms with Gasteiger partial charge in [-0.25, -0.2) is 0 Å². The molecule has 21 heavy (non-hydrogen) atoms. The van der Waals surface area contributed by atoms with Gasteiger partial charge in [0.1, 0.15) is 0 Å². The van der Waals surface area contributed by atoms with Crippen molar-refractivity contribution in [1.82, 2.24) is 5.32 Å². The molecular weight excluding hydrogens is 268 g/mol. The number of hydrogen-bond acceptors (Lipinski definition) is 3. The lowest BCUT2D eigenvalue weighted by Crippen LogP contribution is -2.40. The molecule has 2 aromatic rings. The van der Waals surface area contributed by atoms with E-state index in [9.17, 15) is 9.59 Å². The van der Waals surface area contributed by atoms with Crippen LogP contribution < -0.4 is 10.2 Å². The number of carbonyl (C=O) groups is 2. The second-order valence-corrected chi connectivity index (χ2v) is 4.64. The van der Waals surface area contributed by atoms with E-state index in [2.05, 4.69) is 5.32 Å². The van der Waals surface area contributed by atoms with Crippen LogP contribution in [0.1, 0.15) is 23.0 Å². The maximum Gasteiger partial charge on any atom is 0.287 e. The van der Waals surface area contributed by atoms with Crippen LogP contribution in [-0.2, 0) is 4.79 Å². The fraction of sp³-hybridized carbons (Fsp3) is 0.250. The third kappa shape index (κ3) is 3.72. The lowest BCUT2D eigenvalue weighted by Gasteiger charge is -2.21. The highest BCUT2D eigenvalue weighted by atomic mass is 16.3. The average molecular weight is 286 g/mol. The second kappa shape index (κ2) is 6.74. The van der Waals surface area contributed by atoms with Crippen LogP contribution in [0.3, 0.4) is 0 Å². The van der Waals surface area contributed by atoms with Crippen molar-refractivity contribution in [3.05, 3.63) is 54.0 Å². The van der Waals surface area contributed by atoms with Crippen molar-refractivity contribution in [2.24, 2.45) is 0 Å². The SMILES string of the molecule is CCN(C(=O)CNC(=O)c1ccco1)c1cccc(C)c1. The summed E-state index contributed by atoms with van der Waals surface area (Å²) in [6.07, 6.45) is 1.42. The summed E-state index contributed by atoms with van der Waals surface area (Å²) >= 11 is 0. The molecule has 0 saturated heterocycles. The Morgan fingerprint density at radius 2 is 2.05 bits per heavy atom. The summed E-state index contributed by atoms with van der Waals surface area (Å²) in [5, 5.41) is 2.56. The van der Waals surface area contributed by atoms with Gasteiger partial charge in [0.2, 0.25) is 5.91 Å². The molecule has 2 rings (SSSR count). The second-order valence-electron chi connectivity index (χ2n) is 4.64.